The van der Waals surface area contributed by atoms with E-state index >= 15 is 0 Å². The van der Waals surface area contributed by atoms with Gasteiger partial charge in [-0.2, -0.15) is 0 Å². The van der Waals surface area contributed by atoms with Gasteiger partial charge in [-0.25, -0.2) is 19.2 Å². The first kappa shape index (κ1) is 61.5. The molecule has 10 rings (SSSR count). The van der Waals surface area contributed by atoms with Gasteiger partial charge in [0.1, 0.15) is 41.7 Å². The van der Waals surface area contributed by atoms with E-state index in [0.29, 0.717) is 17.6 Å². The van der Waals surface area contributed by atoms with E-state index < -0.39 is 158 Å². The van der Waals surface area contributed by atoms with Gasteiger partial charge >= 0.3 is 30.2 Å². The summed E-state index contributed by atoms with van der Waals surface area (Å²) in [5, 5.41) is 59.9. The summed E-state index contributed by atoms with van der Waals surface area (Å²) in [6.45, 7) is 17.8. The molecule has 452 valence electrons. The Bertz CT molecular complexity index is 3030. The standard InChI is InChI=1S/C32H40O11.C30H38O10/c1-16-13-21-31(15-40-21,43-28(37)39-7)24-26(42-27(36)19-11-9-8-10-12-19)32(38)14-20(34)17(2)22(29(32,4)5)23(41-18(3)33)25(35)30(16,24)6;1-15-12-19-29(14-38-19,40-26(35)37-6)22-24(39-25(34)17-10-8-7-9-11-17)30(36)13-18(31)16(2)20(27(30,3)4)21(32)23(33)28(15,22)5/h8-12,16,20-21,23-24,26,34,38H,13-15H2,1-7H3;7-11,15,18-19,21-22,24,31-32,36H,12-14H2,1-6H3/t16-,20-,21?,23+,24?,26-,30+,31-,32+;15-,18-,19?,21+,22?,24-,28+,29-,30+/m00/s1. The zero-order chi connectivity index (χ0) is 61.1. The number of rotatable bonds is 7. The molecule has 2 aliphatic heterocycles. The van der Waals surface area contributed by atoms with Crippen molar-refractivity contribution < 1.29 is 102 Å². The predicted molar refractivity (Wildman–Crippen MR) is 290 cm³/mol. The topological polar surface area (TPSA) is 304 Å². The third-order valence-electron chi connectivity index (χ3n) is 21.3. The minimum Gasteiger partial charge on any atom is -0.455 e. The van der Waals surface area contributed by atoms with Crippen LogP contribution in [0.1, 0.15) is 123 Å². The zero-order valence-electron chi connectivity index (χ0n) is 49.2. The number of ketones is 2. The number of fused-ring (bicyclic) bond motifs is 10. The maximum atomic E-state index is 15.0. The summed E-state index contributed by atoms with van der Waals surface area (Å²) in [6.07, 6.45) is -12.0. The molecule has 83 heavy (non-hydrogen) atoms. The van der Waals surface area contributed by atoms with Crippen LogP contribution in [0.25, 0.3) is 0 Å². The number of hydrogen-bond donors (Lipinski definition) is 5. The molecular formula is C62H78O21. The van der Waals surface area contributed by atoms with Gasteiger partial charge in [0.15, 0.2) is 28.9 Å². The van der Waals surface area contributed by atoms with E-state index in [1.165, 1.54) is 6.92 Å². The Kier molecular flexibility index (Phi) is 15.7. The molecule has 0 aromatic heterocycles. The van der Waals surface area contributed by atoms with Crippen LogP contribution in [-0.4, -0.2) is 166 Å². The van der Waals surface area contributed by atoms with Gasteiger partial charge in [-0.3, -0.25) is 14.4 Å². The first-order chi connectivity index (χ1) is 38.7. The van der Waals surface area contributed by atoms with Crippen LogP contribution >= 0.6 is 0 Å². The number of ether oxygens (including phenoxy) is 9. The molecule has 5 N–H and O–H groups in total. The molecule has 8 aliphatic rings. The van der Waals surface area contributed by atoms with Crippen molar-refractivity contribution in [3.63, 3.8) is 0 Å². The quantitative estimate of drug-likeness (QED) is 0.126. The summed E-state index contributed by atoms with van der Waals surface area (Å²) >= 11 is 0. The Morgan fingerprint density at radius 3 is 1.30 bits per heavy atom. The maximum Gasteiger partial charge on any atom is 0.508 e. The average Bonchev–Trinajstić information content (AvgIpc) is 0.722. The largest absolute Gasteiger partial charge is 0.508 e. The summed E-state index contributed by atoms with van der Waals surface area (Å²) in [7, 11) is 2.31. The second-order valence-corrected chi connectivity index (χ2v) is 25.7. The highest BCUT2D eigenvalue weighted by Crippen LogP contribution is 2.68. The number of aliphatic hydroxyl groups excluding tert-OH is 3. The van der Waals surface area contributed by atoms with E-state index in [0.717, 1.165) is 14.2 Å². The fourth-order valence-corrected chi connectivity index (χ4v) is 16.0. The Hall–Kier alpha value is -6.07. The highest BCUT2D eigenvalue weighted by molar-refractivity contribution is 5.96. The molecule has 4 unspecified atom stereocenters. The molecule has 2 heterocycles. The average molecular weight is 1160 g/mol. The van der Waals surface area contributed by atoms with Gasteiger partial charge in [-0.05, 0) is 85.1 Å². The van der Waals surface area contributed by atoms with Crippen molar-refractivity contribution in [3.8, 4) is 0 Å². The maximum absolute atomic E-state index is 15.0. The zero-order valence-corrected chi connectivity index (χ0v) is 49.2. The van der Waals surface area contributed by atoms with Crippen LogP contribution in [0.3, 0.4) is 0 Å². The van der Waals surface area contributed by atoms with Crippen LogP contribution in [0.4, 0.5) is 9.59 Å². The van der Waals surface area contributed by atoms with Crippen molar-refractivity contribution in [2.24, 2.45) is 45.3 Å². The fraction of sp³-hybridized carbons (Fsp3) is 0.629. The molecule has 2 aromatic carbocycles. The molecule has 21 nitrogen and oxygen atoms in total. The van der Waals surface area contributed by atoms with E-state index in [1.807, 2.05) is 13.8 Å². The minimum atomic E-state index is -2.04. The van der Waals surface area contributed by atoms with Crippen LogP contribution in [0, 0.1) is 45.3 Å². The van der Waals surface area contributed by atoms with Gasteiger partial charge in [0.05, 0.1) is 62.6 Å². The molecule has 0 amide bonds. The van der Waals surface area contributed by atoms with E-state index in [1.54, 1.807) is 116 Å². The van der Waals surface area contributed by atoms with E-state index in [-0.39, 0.29) is 54.7 Å². The number of carbonyl (C=O) groups excluding carboxylic acids is 7. The Morgan fingerprint density at radius 1 is 0.566 bits per heavy atom. The van der Waals surface area contributed by atoms with Gasteiger partial charge in [-0.1, -0.05) is 91.8 Å². The van der Waals surface area contributed by atoms with Crippen molar-refractivity contribution in [1.82, 2.24) is 0 Å². The summed E-state index contributed by atoms with van der Waals surface area (Å²) in [6, 6.07) is 16.4. The number of esters is 3. The third kappa shape index (κ3) is 8.90. The molecule has 2 saturated heterocycles. The van der Waals surface area contributed by atoms with Gasteiger partial charge in [0, 0.05) is 41.4 Å². The molecule has 0 radical (unpaired) electrons. The molecule has 18 atom stereocenters. The van der Waals surface area contributed by atoms with Crippen LogP contribution in [0.2, 0.25) is 0 Å². The van der Waals surface area contributed by atoms with Gasteiger partial charge < -0.3 is 68.2 Å². The van der Waals surface area contributed by atoms with Crippen LogP contribution in [0.15, 0.2) is 83.0 Å². The van der Waals surface area contributed by atoms with Crippen molar-refractivity contribution in [2.45, 2.75) is 173 Å². The molecule has 21 heteroatoms. The Balaban J connectivity index is 0.000000200. The lowest BCUT2D eigenvalue weighted by Crippen LogP contribution is -2.80. The van der Waals surface area contributed by atoms with Crippen LogP contribution < -0.4 is 0 Å². The summed E-state index contributed by atoms with van der Waals surface area (Å²) in [4.78, 5) is 94.8. The second-order valence-electron chi connectivity index (χ2n) is 25.7. The lowest BCUT2D eigenvalue weighted by atomic mass is 9.43. The van der Waals surface area contributed by atoms with Crippen molar-refractivity contribution in [3.05, 3.63) is 94.1 Å². The number of Topliss-reactive ketones (excluding diaryl/α,β-unsaturated/α-hetero) is 2. The summed E-state index contributed by atoms with van der Waals surface area (Å²) in [5.41, 5.74) is -11.2. The van der Waals surface area contributed by atoms with Crippen LogP contribution in [0.5, 0.6) is 0 Å². The van der Waals surface area contributed by atoms with E-state index in [9.17, 15) is 59.1 Å². The first-order valence-electron chi connectivity index (χ1n) is 28.2. The number of hydrogen-bond acceptors (Lipinski definition) is 21. The van der Waals surface area contributed by atoms with Crippen molar-refractivity contribution >= 4 is 41.8 Å². The molecule has 4 saturated carbocycles. The van der Waals surface area contributed by atoms with E-state index in [4.69, 9.17) is 42.6 Å². The fourth-order valence-electron chi connectivity index (χ4n) is 16.0. The summed E-state index contributed by atoms with van der Waals surface area (Å²) in [5.74, 6) is -6.60. The molecule has 0 spiro atoms. The summed E-state index contributed by atoms with van der Waals surface area (Å²) < 4.78 is 51.6. The monoisotopic (exact) mass is 1160 g/mol. The smallest absolute Gasteiger partial charge is 0.455 e. The third-order valence-corrected chi connectivity index (χ3v) is 21.3. The van der Waals surface area contributed by atoms with Gasteiger partial charge in [-0.15, -0.1) is 0 Å². The van der Waals surface area contributed by atoms with Crippen molar-refractivity contribution in [2.75, 3.05) is 27.4 Å². The number of benzene rings is 2. The second kappa shape index (κ2) is 21.2. The number of aliphatic hydroxyl groups is 5. The molecular weight excluding hydrogens is 1080 g/mol. The normalized spacial score (nSPS) is 40.7. The number of methoxy groups -OCH3 is 2. The Morgan fingerprint density at radius 2 is 0.940 bits per heavy atom. The minimum absolute atomic E-state index is 0.136. The van der Waals surface area contributed by atoms with Gasteiger partial charge in [0.25, 0.3) is 0 Å². The SMILES string of the molecule is COC(=O)O[C@@]12COC1C[C@H](C)[C@@]1(C)C(=O)[C@H](O)C3=C(C)[C@@H](O)C[C@@](O)([C@@H](OC(=O)c4ccccc4)C21)C3(C)C.COC(=O)O[C@@]12COC1C[C@H](C)[C@@]1(C)C(=O)[C@H](OC(C)=O)C3=C(C)[C@@H](O)C[C@@](O)([C@@H](OC(=O)c4ccccc4)C21)C3(C)C. The lowest BCUT2D eigenvalue weighted by molar-refractivity contribution is -0.338. The molecule has 6 fully saturated rings. The highest BCUT2D eigenvalue weighted by atomic mass is 16.8. The molecule has 2 aromatic rings. The first-order valence-corrected chi connectivity index (χ1v) is 28.2. The lowest BCUT2D eigenvalue weighted by Gasteiger charge is -2.67. The molecule has 4 bridgehead atoms. The van der Waals surface area contributed by atoms with Crippen LogP contribution in [-0.2, 0) is 57.0 Å². The van der Waals surface area contributed by atoms with E-state index in [2.05, 4.69) is 0 Å². The number of carbonyl (C=O) groups is 7. The Labute approximate surface area is 481 Å². The molecule has 6 aliphatic carbocycles. The predicted octanol–water partition coefficient (Wildman–Crippen LogP) is 5.72. The van der Waals surface area contributed by atoms with Gasteiger partial charge in [0.2, 0.25) is 0 Å². The van der Waals surface area contributed by atoms with Crippen molar-refractivity contribution in [1.29, 1.82) is 0 Å². The highest BCUT2D eigenvalue weighted by Gasteiger charge is 2.80.